The van der Waals surface area contributed by atoms with E-state index in [9.17, 15) is 0 Å². The molecular weight excluding hydrogens is 196 g/mol. The van der Waals surface area contributed by atoms with E-state index in [4.69, 9.17) is 11.5 Å². The number of hydrogen-bond donors (Lipinski definition) is 2. The molecule has 0 aromatic carbocycles. The first-order valence-electron chi connectivity index (χ1n) is 6.41. The topological polar surface area (TPSA) is 52.0 Å². The molecule has 0 aliphatic rings. The summed E-state index contributed by atoms with van der Waals surface area (Å²) in [6, 6.07) is 0. The molecule has 16 heavy (non-hydrogen) atoms. The highest BCUT2D eigenvalue weighted by molar-refractivity contribution is 4.60. The second-order valence-electron chi connectivity index (χ2n) is 6.15. The van der Waals surface area contributed by atoms with Gasteiger partial charge in [-0.25, -0.2) is 0 Å². The van der Waals surface area contributed by atoms with Crippen molar-refractivity contribution in [2.24, 2.45) is 11.5 Å². The molecule has 0 aliphatic heterocycles. The van der Waals surface area contributed by atoms with Gasteiger partial charge in [0.15, 0.2) is 0 Å². The Bertz CT molecular complexity index is 70.3. The van der Waals surface area contributed by atoms with E-state index in [1.54, 1.807) is 0 Å². The van der Waals surface area contributed by atoms with Crippen molar-refractivity contribution in [3.63, 3.8) is 0 Å². The zero-order valence-electron chi connectivity index (χ0n) is 13.6. The van der Waals surface area contributed by atoms with Crippen LogP contribution in [0, 0.1) is 0 Å². The minimum Gasteiger partial charge on any atom is -0.326 e. The SMILES string of the molecule is CC(C)(C)N.CC(C)(C)N.CCC.CCC. The molecule has 0 saturated carbocycles. The van der Waals surface area contributed by atoms with Gasteiger partial charge in [-0.15, -0.1) is 0 Å². The summed E-state index contributed by atoms with van der Waals surface area (Å²) >= 11 is 0. The van der Waals surface area contributed by atoms with Crippen LogP contribution in [0.1, 0.15) is 82.1 Å². The van der Waals surface area contributed by atoms with Crippen LogP contribution >= 0.6 is 0 Å². The van der Waals surface area contributed by atoms with Gasteiger partial charge in [0.1, 0.15) is 0 Å². The third kappa shape index (κ3) is 363000. The Morgan fingerprint density at radius 2 is 0.562 bits per heavy atom. The molecule has 0 rings (SSSR count). The molecule has 0 saturated heterocycles. The van der Waals surface area contributed by atoms with Crippen LogP contribution in [0.15, 0.2) is 0 Å². The molecule has 2 heteroatoms. The molecule has 0 fully saturated rings. The van der Waals surface area contributed by atoms with Gasteiger partial charge in [-0.1, -0.05) is 40.5 Å². The fourth-order valence-corrected chi connectivity index (χ4v) is 0. The zero-order valence-corrected chi connectivity index (χ0v) is 13.6. The average Bonchev–Trinajstić information content (AvgIpc) is 1.79. The van der Waals surface area contributed by atoms with E-state index in [1.165, 1.54) is 12.8 Å². The van der Waals surface area contributed by atoms with Crippen LogP contribution in [-0.2, 0) is 0 Å². The molecule has 0 amide bonds. The fraction of sp³-hybridized carbons (Fsp3) is 1.00. The number of rotatable bonds is 0. The summed E-state index contributed by atoms with van der Waals surface area (Å²) in [5, 5.41) is 0. The molecule has 4 N–H and O–H groups in total. The lowest BCUT2D eigenvalue weighted by Gasteiger charge is -2.06. The van der Waals surface area contributed by atoms with Crippen LogP contribution in [0.4, 0.5) is 0 Å². The summed E-state index contributed by atoms with van der Waals surface area (Å²) < 4.78 is 0. The summed E-state index contributed by atoms with van der Waals surface area (Å²) in [5.41, 5.74) is 10.7. The Labute approximate surface area is 105 Å². The van der Waals surface area contributed by atoms with E-state index in [0.29, 0.717) is 0 Å². The second kappa shape index (κ2) is 14.9. The minimum absolute atomic E-state index is 0. The van der Waals surface area contributed by atoms with E-state index in [1.807, 2.05) is 41.5 Å². The van der Waals surface area contributed by atoms with Crippen molar-refractivity contribution in [2.75, 3.05) is 0 Å². The second-order valence-corrected chi connectivity index (χ2v) is 6.15. The molecule has 0 aromatic rings. The predicted molar refractivity (Wildman–Crippen MR) is 79.8 cm³/mol. The molecule has 0 aromatic heterocycles. The molecule has 104 valence electrons. The molecular formula is C14H38N2. The number of nitrogens with two attached hydrogens (primary N) is 2. The summed E-state index contributed by atoms with van der Waals surface area (Å²) in [6.07, 6.45) is 2.50. The first kappa shape index (κ1) is 24.9. The summed E-state index contributed by atoms with van der Waals surface area (Å²) in [6.45, 7) is 20.3. The maximum Gasteiger partial charge on any atom is 0.00686 e. The molecule has 0 spiro atoms. The summed E-state index contributed by atoms with van der Waals surface area (Å²) in [7, 11) is 0. The summed E-state index contributed by atoms with van der Waals surface area (Å²) in [4.78, 5) is 0. The van der Waals surface area contributed by atoms with Gasteiger partial charge in [0.2, 0.25) is 0 Å². The van der Waals surface area contributed by atoms with E-state index >= 15 is 0 Å². The standard InChI is InChI=1S/2C4H11N.2C3H8/c2*1-4(2,3)5;2*1-3-2/h2*5H2,1-3H3;2*3H2,1-2H3. The average molecular weight is 234 g/mol. The van der Waals surface area contributed by atoms with E-state index in [0.717, 1.165) is 0 Å². The molecule has 0 radical (unpaired) electrons. The molecule has 0 heterocycles. The molecule has 0 aliphatic carbocycles. The molecule has 0 atom stereocenters. The number of hydrogen-bond acceptors (Lipinski definition) is 2. The van der Waals surface area contributed by atoms with Gasteiger partial charge < -0.3 is 11.5 Å². The van der Waals surface area contributed by atoms with Gasteiger partial charge in [-0.2, -0.15) is 0 Å². The van der Waals surface area contributed by atoms with Crippen molar-refractivity contribution in [1.82, 2.24) is 0 Å². The van der Waals surface area contributed by atoms with Crippen molar-refractivity contribution in [1.29, 1.82) is 0 Å². The summed E-state index contributed by atoms with van der Waals surface area (Å²) in [5.74, 6) is 0. The van der Waals surface area contributed by atoms with Crippen LogP contribution in [0.2, 0.25) is 0 Å². The van der Waals surface area contributed by atoms with Crippen LogP contribution in [0.5, 0.6) is 0 Å². The Kier molecular flexibility index (Phi) is 23.3. The first-order chi connectivity index (χ1) is 6.83. The van der Waals surface area contributed by atoms with Gasteiger partial charge in [-0.05, 0) is 41.5 Å². The van der Waals surface area contributed by atoms with Crippen molar-refractivity contribution >= 4 is 0 Å². The van der Waals surface area contributed by atoms with Crippen molar-refractivity contribution in [3.05, 3.63) is 0 Å². The van der Waals surface area contributed by atoms with Crippen molar-refractivity contribution in [3.8, 4) is 0 Å². The highest BCUT2D eigenvalue weighted by Gasteiger charge is 1.95. The quantitative estimate of drug-likeness (QED) is 0.656. The van der Waals surface area contributed by atoms with Gasteiger partial charge >= 0.3 is 0 Å². The Balaban J connectivity index is -0.0000000621. The minimum atomic E-state index is 0. The maximum atomic E-state index is 5.35. The van der Waals surface area contributed by atoms with Crippen molar-refractivity contribution in [2.45, 2.75) is 93.2 Å². The van der Waals surface area contributed by atoms with Crippen molar-refractivity contribution < 1.29 is 0 Å². The fourth-order valence-electron chi connectivity index (χ4n) is 0. The third-order valence-corrected chi connectivity index (χ3v) is 0. The zero-order chi connectivity index (χ0) is 14.4. The highest BCUT2D eigenvalue weighted by atomic mass is 14.7. The van der Waals surface area contributed by atoms with E-state index in [-0.39, 0.29) is 11.1 Å². The smallest absolute Gasteiger partial charge is 0.00686 e. The van der Waals surface area contributed by atoms with E-state index < -0.39 is 0 Å². The van der Waals surface area contributed by atoms with Gasteiger partial charge in [-0.3, -0.25) is 0 Å². The van der Waals surface area contributed by atoms with Crippen LogP contribution < -0.4 is 11.5 Å². The largest absolute Gasteiger partial charge is 0.326 e. The lowest BCUT2D eigenvalue weighted by molar-refractivity contribution is 0.579. The van der Waals surface area contributed by atoms with Gasteiger partial charge in [0, 0.05) is 11.1 Å². The van der Waals surface area contributed by atoms with Gasteiger partial charge in [0.05, 0.1) is 0 Å². The maximum absolute atomic E-state index is 5.35. The van der Waals surface area contributed by atoms with E-state index in [2.05, 4.69) is 27.7 Å². The monoisotopic (exact) mass is 234 g/mol. The first-order valence-corrected chi connectivity index (χ1v) is 6.41. The molecule has 0 unspecified atom stereocenters. The normalized spacial score (nSPS) is 9.75. The highest BCUT2D eigenvalue weighted by Crippen LogP contribution is 1.88. The lowest BCUT2D eigenvalue weighted by Crippen LogP contribution is -2.26. The Hall–Kier alpha value is -0.0800. The third-order valence-electron chi connectivity index (χ3n) is 0. The van der Waals surface area contributed by atoms with Crippen LogP contribution in [0.3, 0.4) is 0 Å². The van der Waals surface area contributed by atoms with Gasteiger partial charge in [0.25, 0.3) is 0 Å². The molecule has 0 bridgehead atoms. The van der Waals surface area contributed by atoms with Crippen LogP contribution in [0.25, 0.3) is 0 Å². The molecule has 2 nitrogen and oxygen atoms in total. The van der Waals surface area contributed by atoms with Crippen LogP contribution in [-0.4, -0.2) is 11.1 Å². The Morgan fingerprint density at radius 1 is 0.562 bits per heavy atom. The predicted octanol–water partition coefficient (Wildman–Crippen LogP) is 4.32. The Morgan fingerprint density at radius 3 is 0.562 bits per heavy atom. The lowest BCUT2D eigenvalue weighted by atomic mass is 10.1.